The minimum absolute atomic E-state index is 0.349. The molecule has 2 atom stereocenters. The van der Waals surface area contributed by atoms with Gasteiger partial charge in [0.2, 0.25) is 0 Å². The summed E-state index contributed by atoms with van der Waals surface area (Å²) in [6, 6.07) is 14.9. The zero-order valence-corrected chi connectivity index (χ0v) is 13.2. The van der Waals surface area contributed by atoms with Gasteiger partial charge in [0.15, 0.2) is 0 Å². The Morgan fingerprint density at radius 1 is 1.18 bits per heavy atom. The number of hydrogen-bond acceptors (Lipinski definition) is 3. The van der Waals surface area contributed by atoms with Gasteiger partial charge in [-0.05, 0) is 49.2 Å². The smallest absolute Gasteiger partial charge is 0.120 e. The van der Waals surface area contributed by atoms with Gasteiger partial charge in [-0.15, -0.1) is 0 Å². The second-order valence-corrected chi connectivity index (χ2v) is 6.31. The minimum atomic E-state index is -0.438. The summed E-state index contributed by atoms with van der Waals surface area (Å²) in [7, 11) is 0. The molecule has 2 aromatic carbocycles. The summed E-state index contributed by atoms with van der Waals surface area (Å²) in [6.07, 6.45) is 3.34. The van der Waals surface area contributed by atoms with Crippen molar-refractivity contribution in [3.05, 3.63) is 42.5 Å². The van der Waals surface area contributed by atoms with E-state index >= 15 is 0 Å². The fraction of sp³-hybridized carbons (Fsp3) is 0.474. The molecule has 1 aliphatic rings. The molecule has 1 N–H and O–H groups in total. The van der Waals surface area contributed by atoms with E-state index in [4.69, 9.17) is 4.74 Å². The Kier molecular flexibility index (Phi) is 4.96. The second-order valence-electron chi connectivity index (χ2n) is 6.31. The lowest BCUT2D eigenvalue weighted by Crippen LogP contribution is -2.43. The monoisotopic (exact) mass is 299 g/mol. The van der Waals surface area contributed by atoms with Crippen molar-refractivity contribution in [3.8, 4) is 5.75 Å². The molecule has 0 bridgehead atoms. The third-order valence-corrected chi connectivity index (χ3v) is 4.55. The predicted octanol–water partition coefficient (Wildman–Crippen LogP) is 3.45. The van der Waals surface area contributed by atoms with Gasteiger partial charge in [0.05, 0.1) is 0 Å². The number of aliphatic hydroxyl groups excluding tert-OH is 1. The van der Waals surface area contributed by atoms with Crippen LogP contribution in [0.15, 0.2) is 42.5 Å². The molecular weight excluding hydrogens is 274 g/mol. The van der Waals surface area contributed by atoms with Gasteiger partial charge in [-0.3, -0.25) is 4.90 Å². The zero-order valence-electron chi connectivity index (χ0n) is 13.2. The lowest BCUT2D eigenvalue weighted by molar-refractivity contribution is 0.0438. The molecule has 22 heavy (non-hydrogen) atoms. The van der Waals surface area contributed by atoms with Crippen LogP contribution < -0.4 is 4.74 Å². The van der Waals surface area contributed by atoms with Crippen LogP contribution in [0.1, 0.15) is 26.2 Å². The van der Waals surface area contributed by atoms with E-state index in [1.807, 2.05) is 24.3 Å². The van der Waals surface area contributed by atoms with E-state index in [9.17, 15) is 5.11 Å². The molecular formula is C19H25NO2. The van der Waals surface area contributed by atoms with E-state index in [1.54, 1.807) is 0 Å². The molecule has 0 unspecified atom stereocenters. The number of benzene rings is 2. The van der Waals surface area contributed by atoms with Gasteiger partial charge < -0.3 is 9.84 Å². The van der Waals surface area contributed by atoms with Crippen LogP contribution in [0.25, 0.3) is 10.8 Å². The Bertz CT molecular complexity index is 613. The first-order valence-electron chi connectivity index (χ1n) is 8.26. The third-order valence-electron chi connectivity index (χ3n) is 4.55. The Labute approximate surface area is 132 Å². The maximum Gasteiger partial charge on any atom is 0.120 e. The van der Waals surface area contributed by atoms with Gasteiger partial charge in [-0.25, -0.2) is 0 Å². The maximum absolute atomic E-state index is 10.2. The van der Waals surface area contributed by atoms with Gasteiger partial charge in [0.25, 0.3) is 0 Å². The molecule has 1 heterocycles. The minimum Gasteiger partial charge on any atom is -0.491 e. The fourth-order valence-electron chi connectivity index (χ4n) is 3.20. The largest absolute Gasteiger partial charge is 0.491 e. The highest BCUT2D eigenvalue weighted by molar-refractivity contribution is 5.83. The molecule has 2 aromatic rings. The Morgan fingerprint density at radius 3 is 2.82 bits per heavy atom. The molecule has 118 valence electrons. The van der Waals surface area contributed by atoms with Crippen LogP contribution in [0.3, 0.4) is 0 Å². The Morgan fingerprint density at radius 2 is 2.00 bits per heavy atom. The first kappa shape index (κ1) is 15.3. The van der Waals surface area contributed by atoms with E-state index < -0.39 is 6.10 Å². The number of ether oxygens (including phenoxy) is 1. The summed E-state index contributed by atoms with van der Waals surface area (Å²) < 4.78 is 5.78. The molecule has 0 amide bonds. The van der Waals surface area contributed by atoms with Gasteiger partial charge in [0, 0.05) is 12.6 Å². The number of fused-ring (bicyclic) bond motifs is 1. The van der Waals surface area contributed by atoms with Crippen LogP contribution in [-0.4, -0.2) is 41.8 Å². The fourth-order valence-corrected chi connectivity index (χ4v) is 3.20. The van der Waals surface area contributed by atoms with E-state index in [2.05, 4.69) is 30.0 Å². The van der Waals surface area contributed by atoms with Crippen molar-refractivity contribution in [2.45, 2.75) is 38.3 Å². The Hall–Kier alpha value is -1.58. The van der Waals surface area contributed by atoms with Crippen LogP contribution in [0.4, 0.5) is 0 Å². The molecule has 0 aromatic heterocycles. The lowest BCUT2D eigenvalue weighted by atomic mass is 10.0. The molecule has 1 saturated heterocycles. The molecule has 3 rings (SSSR count). The standard InChI is InChI=1S/C19H25NO2/c1-15-6-4-5-11-20(15)13-18(21)14-22-19-10-9-16-7-2-3-8-17(16)12-19/h2-3,7-10,12,15,18,21H,4-6,11,13-14H2,1H3/t15-,18+/m1/s1. The molecule has 0 saturated carbocycles. The topological polar surface area (TPSA) is 32.7 Å². The molecule has 0 radical (unpaired) electrons. The molecule has 0 spiro atoms. The van der Waals surface area contributed by atoms with Gasteiger partial charge >= 0.3 is 0 Å². The van der Waals surface area contributed by atoms with Gasteiger partial charge in [0.1, 0.15) is 18.5 Å². The maximum atomic E-state index is 10.2. The first-order valence-corrected chi connectivity index (χ1v) is 8.26. The quantitative estimate of drug-likeness (QED) is 0.918. The van der Waals surface area contributed by atoms with Gasteiger partial charge in [-0.1, -0.05) is 36.8 Å². The number of aliphatic hydroxyl groups is 1. The summed E-state index contributed by atoms with van der Waals surface area (Å²) >= 11 is 0. The predicted molar refractivity (Wildman–Crippen MR) is 90.3 cm³/mol. The number of piperidine rings is 1. The average molecular weight is 299 g/mol. The first-order chi connectivity index (χ1) is 10.7. The average Bonchev–Trinajstić information content (AvgIpc) is 2.55. The van der Waals surface area contributed by atoms with Crippen molar-refractivity contribution >= 4 is 10.8 Å². The highest BCUT2D eigenvalue weighted by atomic mass is 16.5. The van der Waals surface area contributed by atoms with Crippen LogP contribution in [-0.2, 0) is 0 Å². The molecule has 0 aliphatic carbocycles. The number of likely N-dealkylation sites (tertiary alicyclic amines) is 1. The van der Waals surface area contributed by atoms with Crippen LogP contribution in [0, 0.1) is 0 Å². The van der Waals surface area contributed by atoms with Gasteiger partial charge in [-0.2, -0.15) is 0 Å². The van der Waals surface area contributed by atoms with Crippen LogP contribution in [0.2, 0.25) is 0 Å². The molecule has 1 aliphatic heterocycles. The summed E-state index contributed by atoms with van der Waals surface area (Å²) in [4.78, 5) is 2.37. The second kappa shape index (κ2) is 7.12. The third kappa shape index (κ3) is 3.79. The number of nitrogens with zero attached hydrogens (tertiary/aromatic N) is 1. The number of β-amino-alcohol motifs (C(OH)–C–C–N with tert-alkyl or cyclic N) is 1. The van der Waals surface area contributed by atoms with E-state index in [0.717, 1.165) is 12.3 Å². The van der Waals surface area contributed by atoms with Crippen molar-refractivity contribution in [1.29, 1.82) is 0 Å². The van der Waals surface area contributed by atoms with E-state index in [0.29, 0.717) is 19.2 Å². The SMILES string of the molecule is C[C@@H]1CCCCN1C[C@H](O)COc1ccc2ccccc2c1. The van der Waals surface area contributed by atoms with Crippen LogP contribution in [0.5, 0.6) is 5.75 Å². The summed E-state index contributed by atoms with van der Waals surface area (Å²) in [5.74, 6) is 0.824. The summed E-state index contributed by atoms with van der Waals surface area (Å²) in [5, 5.41) is 12.6. The number of rotatable bonds is 5. The molecule has 3 heteroatoms. The molecule has 3 nitrogen and oxygen atoms in total. The van der Waals surface area contributed by atoms with Crippen molar-refractivity contribution in [2.24, 2.45) is 0 Å². The highest BCUT2D eigenvalue weighted by Crippen LogP contribution is 2.21. The lowest BCUT2D eigenvalue weighted by Gasteiger charge is -2.34. The molecule has 1 fully saturated rings. The van der Waals surface area contributed by atoms with Crippen LogP contribution >= 0.6 is 0 Å². The van der Waals surface area contributed by atoms with Crippen molar-refractivity contribution in [2.75, 3.05) is 19.7 Å². The van der Waals surface area contributed by atoms with E-state index in [-0.39, 0.29) is 0 Å². The zero-order chi connectivity index (χ0) is 15.4. The number of hydrogen-bond donors (Lipinski definition) is 1. The normalized spacial score (nSPS) is 20.9. The highest BCUT2D eigenvalue weighted by Gasteiger charge is 2.20. The summed E-state index contributed by atoms with van der Waals surface area (Å²) in [5.41, 5.74) is 0. The van der Waals surface area contributed by atoms with Crippen molar-refractivity contribution in [1.82, 2.24) is 4.90 Å². The van der Waals surface area contributed by atoms with E-state index in [1.165, 1.54) is 30.0 Å². The van der Waals surface area contributed by atoms with Crippen molar-refractivity contribution in [3.63, 3.8) is 0 Å². The summed E-state index contributed by atoms with van der Waals surface area (Å²) in [6.45, 7) is 4.39. The Balaban J connectivity index is 1.54. The van der Waals surface area contributed by atoms with Crippen molar-refractivity contribution < 1.29 is 9.84 Å².